The Morgan fingerprint density at radius 1 is 0.864 bits per heavy atom. The number of carboxylic acid groups (broad SMARTS) is 1. The fourth-order valence-electron chi connectivity index (χ4n) is 1.89. The van der Waals surface area contributed by atoms with Crippen molar-refractivity contribution in [3.8, 4) is 11.1 Å². The fourth-order valence-corrected chi connectivity index (χ4v) is 1.89. The van der Waals surface area contributed by atoms with Gasteiger partial charge >= 0.3 is 5.97 Å². The summed E-state index contributed by atoms with van der Waals surface area (Å²) in [6, 6.07) is 2.20. The lowest BCUT2D eigenvalue weighted by Gasteiger charge is -2.10. The number of halogens is 6. The van der Waals surface area contributed by atoms with Gasteiger partial charge in [0.2, 0.25) is 5.82 Å². The van der Waals surface area contributed by atoms with Crippen molar-refractivity contribution in [1.82, 2.24) is 0 Å². The highest BCUT2D eigenvalue weighted by Gasteiger charge is 2.27. The van der Waals surface area contributed by atoms with E-state index in [9.17, 15) is 31.1 Å². The summed E-state index contributed by atoms with van der Waals surface area (Å²) in [6.45, 7) is 0. The maximum Gasteiger partial charge on any atom is 0.307 e. The molecule has 0 bridgehead atoms. The largest absolute Gasteiger partial charge is 0.481 e. The highest BCUT2D eigenvalue weighted by molar-refractivity contribution is 5.72. The number of rotatable bonds is 3. The van der Waals surface area contributed by atoms with E-state index in [4.69, 9.17) is 5.11 Å². The zero-order valence-corrected chi connectivity index (χ0v) is 10.6. The van der Waals surface area contributed by atoms with E-state index in [1.807, 2.05) is 0 Å². The van der Waals surface area contributed by atoms with Crippen LogP contribution in [0.1, 0.15) is 5.56 Å². The molecule has 0 spiro atoms. The molecule has 2 nitrogen and oxygen atoms in total. The van der Waals surface area contributed by atoms with Gasteiger partial charge < -0.3 is 5.11 Å². The van der Waals surface area contributed by atoms with Gasteiger partial charge in [-0.2, -0.15) is 0 Å². The Morgan fingerprint density at radius 3 is 1.86 bits per heavy atom. The zero-order valence-electron chi connectivity index (χ0n) is 10.6. The van der Waals surface area contributed by atoms with Crippen LogP contribution >= 0.6 is 0 Å². The van der Waals surface area contributed by atoms with E-state index in [0.29, 0.717) is 6.07 Å². The van der Waals surface area contributed by atoms with Gasteiger partial charge in [0.05, 0.1) is 12.0 Å². The molecule has 0 amide bonds. The first-order valence-corrected chi connectivity index (χ1v) is 5.76. The van der Waals surface area contributed by atoms with Crippen LogP contribution in [0.4, 0.5) is 26.3 Å². The van der Waals surface area contributed by atoms with E-state index in [1.165, 1.54) is 0 Å². The third-order valence-electron chi connectivity index (χ3n) is 2.89. The van der Waals surface area contributed by atoms with Crippen molar-refractivity contribution in [2.75, 3.05) is 0 Å². The van der Waals surface area contributed by atoms with Crippen LogP contribution in [0.5, 0.6) is 0 Å². The molecule has 1 N–H and O–H groups in total. The molecule has 2 rings (SSSR count). The van der Waals surface area contributed by atoms with Crippen LogP contribution in [0.25, 0.3) is 11.1 Å². The van der Waals surface area contributed by atoms with Crippen molar-refractivity contribution < 1.29 is 36.2 Å². The van der Waals surface area contributed by atoms with Gasteiger partial charge in [0.15, 0.2) is 23.3 Å². The molecule has 8 heteroatoms. The smallest absolute Gasteiger partial charge is 0.307 e. The maximum atomic E-state index is 13.7. The van der Waals surface area contributed by atoms with Crippen LogP contribution in [0, 0.1) is 34.9 Å². The second-order valence-corrected chi connectivity index (χ2v) is 4.32. The first-order valence-electron chi connectivity index (χ1n) is 5.76. The Balaban J connectivity index is 2.70. The second-order valence-electron chi connectivity index (χ2n) is 4.32. The number of hydrogen-bond acceptors (Lipinski definition) is 1. The van der Waals surface area contributed by atoms with Crippen molar-refractivity contribution in [3.63, 3.8) is 0 Å². The minimum Gasteiger partial charge on any atom is -0.481 e. The number of aliphatic carboxylic acids is 1. The Hall–Kier alpha value is -2.51. The third kappa shape index (κ3) is 2.63. The standard InChI is InChI=1S/C14H6F6O2/c15-7-2-1-5(3-6(7)4-8(21)22)9-10(16)12(18)14(20)13(19)11(9)17/h1-3H,4H2,(H,21,22). The summed E-state index contributed by atoms with van der Waals surface area (Å²) in [5, 5.41) is 8.60. The monoisotopic (exact) mass is 320 g/mol. The fraction of sp³-hybridized carbons (Fsp3) is 0.0714. The average Bonchev–Trinajstić information content (AvgIpc) is 2.46. The first kappa shape index (κ1) is 15.9. The molecular formula is C14H6F6O2. The lowest BCUT2D eigenvalue weighted by molar-refractivity contribution is -0.136. The zero-order chi connectivity index (χ0) is 16.6. The lowest BCUT2D eigenvalue weighted by Crippen LogP contribution is -2.06. The van der Waals surface area contributed by atoms with Gasteiger partial charge in [0.1, 0.15) is 5.82 Å². The van der Waals surface area contributed by atoms with E-state index in [-0.39, 0.29) is 0 Å². The average molecular weight is 320 g/mol. The quantitative estimate of drug-likeness (QED) is 0.530. The van der Waals surface area contributed by atoms with Crippen LogP contribution in [0.3, 0.4) is 0 Å². The molecule has 116 valence electrons. The Bertz CT molecular complexity index is 743. The van der Waals surface area contributed by atoms with Gasteiger partial charge in [0, 0.05) is 0 Å². The minimum absolute atomic E-state index is 0.450. The number of carbonyl (C=O) groups is 1. The topological polar surface area (TPSA) is 37.3 Å². The van der Waals surface area contributed by atoms with Crippen LogP contribution in [0.15, 0.2) is 18.2 Å². The van der Waals surface area contributed by atoms with E-state index in [2.05, 4.69) is 0 Å². The molecule has 0 radical (unpaired) electrons. The van der Waals surface area contributed by atoms with Crippen molar-refractivity contribution in [1.29, 1.82) is 0 Å². The second kappa shape index (κ2) is 5.70. The molecule has 0 aliphatic carbocycles. The highest BCUT2D eigenvalue weighted by Crippen LogP contribution is 2.32. The predicted octanol–water partition coefficient (Wildman–Crippen LogP) is 3.82. The van der Waals surface area contributed by atoms with Crippen LogP contribution in [-0.2, 0) is 11.2 Å². The summed E-state index contributed by atoms with van der Waals surface area (Å²) < 4.78 is 80.0. The van der Waals surface area contributed by atoms with Crippen LogP contribution < -0.4 is 0 Å². The molecule has 2 aromatic rings. The molecule has 0 atom stereocenters. The summed E-state index contributed by atoms with van der Waals surface area (Å²) in [5.74, 6) is -13.2. The number of carboxylic acids is 1. The molecule has 0 saturated carbocycles. The van der Waals surface area contributed by atoms with Gasteiger partial charge in [-0.1, -0.05) is 6.07 Å². The normalized spacial score (nSPS) is 10.8. The van der Waals surface area contributed by atoms with E-state index >= 15 is 0 Å². The molecule has 0 aromatic heterocycles. The van der Waals surface area contributed by atoms with Gasteiger partial charge in [-0.25, -0.2) is 26.3 Å². The third-order valence-corrected chi connectivity index (χ3v) is 2.89. The first-order chi connectivity index (χ1) is 10.2. The molecule has 0 fully saturated rings. The number of benzene rings is 2. The Morgan fingerprint density at radius 2 is 1.36 bits per heavy atom. The van der Waals surface area contributed by atoms with E-state index in [0.717, 1.165) is 12.1 Å². The van der Waals surface area contributed by atoms with Crippen molar-refractivity contribution in [2.45, 2.75) is 6.42 Å². The Kier molecular flexibility index (Phi) is 4.11. The predicted molar refractivity (Wildman–Crippen MR) is 63.0 cm³/mol. The van der Waals surface area contributed by atoms with Crippen LogP contribution in [-0.4, -0.2) is 11.1 Å². The summed E-state index contributed by atoms with van der Waals surface area (Å²) in [6.07, 6.45) is -0.810. The van der Waals surface area contributed by atoms with Crippen LogP contribution in [0.2, 0.25) is 0 Å². The van der Waals surface area contributed by atoms with Gasteiger partial charge in [0.25, 0.3) is 0 Å². The summed E-state index contributed by atoms with van der Waals surface area (Å²) >= 11 is 0. The van der Waals surface area contributed by atoms with Gasteiger partial charge in [-0.05, 0) is 23.3 Å². The summed E-state index contributed by atoms with van der Waals surface area (Å²) in [4.78, 5) is 10.6. The van der Waals surface area contributed by atoms with Gasteiger partial charge in [-0.3, -0.25) is 4.79 Å². The molecule has 0 unspecified atom stereocenters. The molecule has 0 heterocycles. The molecule has 0 saturated heterocycles. The van der Waals surface area contributed by atoms with Gasteiger partial charge in [-0.15, -0.1) is 0 Å². The highest BCUT2D eigenvalue weighted by atomic mass is 19.2. The van der Waals surface area contributed by atoms with Crippen molar-refractivity contribution in [2.24, 2.45) is 0 Å². The lowest BCUT2D eigenvalue weighted by atomic mass is 9.99. The summed E-state index contributed by atoms with van der Waals surface area (Å²) in [5.41, 5.74) is -2.22. The maximum absolute atomic E-state index is 13.7. The molecule has 0 aliphatic heterocycles. The molecular weight excluding hydrogens is 314 g/mol. The van der Waals surface area contributed by atoms with Crippen molar-refractivity contribution >= 4 is 5.97 Å². The molecule has 22 heavy (non-hydrogen) atoms. The Labute approximate surface area is 119 Å². The van der Waals surface area contributed by atoms with Crippen molar-refractivity contribution in [3.05, 3.63) is 58.7 Å². The van der Waals surface area contributed by atoms with E-state index in [1.54, 1.807) is 0 Å². The summed E-state index contributed by atoms with van der Waals surface area (Å²) in [7, 11) is 0. The molecule has 2 aromatic carbocycles. The van der Waals surface area contributed by atoms with E-state index < -0.39 is 64.0 Å². The number of hydrogen-bond donors (Lipinski definition) is 1. The SMILES string of the molecule is O=C(O)Cc1cc(-c2c(F)c(F)c(F)c(F)c2F)ccc1F. The minimum atomic E-state index is -2.31. The molecule has 0 aliphatic rings.